The predicted octanol–water partition coefficient (Wildman–Crippen LogP) is 1.91. The molecule has 0 radical (unpaired) electrons. The summed E-state index contributed by atoms with van der Waals surface area (Å²) in [6, 6.07) is 0. The highest BCUT2D eigenvalue weighted by molar-refractivity contribution is 4.88. The minimum Gasteiger partial charge on any atom is -0.381 e. The highest BCUT2D eigenvalue weighted by Gasteiger charge is 2.37. The molecule has 17 heavy (non-hydrogen) atoms. The van der Waals surface area contributed by atoms with Gasteiger partial charge in [0.1, 0.15) is 0 Å². The topological polar surface area (TPSA) is 21.7 Å². The quantitative estimate of drug-likeness (QED) is 0.735. The molecule has 0 saturated carbocycles. The Morgan fingerprint density at radius 1 is 1.18 bits per heavy atom. The molecule has 3 fully saturated rings. The van der Waals surface area contributed by atoms with Crippen LogP contribution in [0, 0.1) is 11.8 Å². The van der Waals surface area contributed by atoms with Gasteiger partial charge in [-0.1, -0.05) is 0 Å². The Balaban J connectivity index is 1.49. The van der Waals surface area contributed by atoms with Gasteiger partial charge >= 0.3 is 0 Å². The summed E-state index contributed by atoms with van der Waals surface area (Å²) in [5.41, 5.74) is 0. The molecule has 3 heteroatoms. The van der Waals surface area contributed by atoms with Crippen LogP contribution >= 0.6 is 0 Å². The number of ether oxygens (including phenoxy) is 2. The van der Waals surface area contributed by atoms with E-state index in [9.17, 15) is 0 Å². The second kappa shape index (κ2) is 5.25. The summed E-state index contributed by atoms with van der Waals surface area (Å²) in [5.74, 6) is 1.70. The van der Waals surface area contributed by atoms with E-state index in [1.165, 1.54) is 45.3 Å². The van der Waals surface area contributed by atoms with E-state index in [-0.39, 0.29) is 0 Å². The predicted molar refractivity (Wildman–Crippen MR) is 67.0 cm³/mol. The number of likely N-dealkylation sites (tertiary alicyclic amines) is 1. The van der Waals surface area contributed by atoms with Crippen molar-refractivity contribution in [3.8, 4) is 0 Å². The lowest BCUT2D eigenvalue weighted by molar-refractivity contribution is -0.0124. The van der Waals surface area contributed by atoms with Crippen molar-refractivity contribution in [2.24, 2.45) is 11.8 Å². The van der Waals surface area contributed by atoms with Gasteiger partial charge < -0.3 is 14.4 Å². The maximum absolute atomic E-state index is 6.02. The molecule has 3 aliphatic rings. The third-order valence-electron chi connectivity index (χ3n) is 4.68. The molecule has 0 aliphatic carbocycles. The summed E-state index contributed by atoms with van der Waals surface area (Å²) in [6.45, 7) is 7.89. The van der Waals surface area contributed by atoms with Crippen molar-refractivity contribution >= 4 is 0 Å². The molecular formula is C14H25NO2. The van der Waals surface area contributed by atoms with Crippen molar-refractivity contribution in [1.29, 1.82) is 0 Å². The van der Waals surface area contributed by atoms with E-state index >= 15 is 0 Å². The zero-order valence-electron chi connectivity index (χ0n) is 10.9. The normalized spacial score (nSPS) is 40.4. The fourth-order valence-corrected chi connectivity index (χ4v) is 3.69. The van der Waals surface area contributed by atoms with Crippen molar-refractivity contribution in [1.82, 2.24) is 4.90 Å². The third-order valence-corrected chi connectivity index (χ3v) is 4.68. The zero-order valence-corrected chi connectivity index (χ0v) is 10.9. The van der Waals surface area contributed by atoms with Gasteiger partial charge in [-0.3, -0.25) is 0 Å². The Labute approximate surface area is 104 Å². The largest absolute Gasteiger partial charge is 0.381 e. The van der Waals surface area contributed by atoms with Crippen LogP contribution < -0.4 is 0 Å². The summed E-state index contributed by atoms with van der Waals surface area (Å²) in [5, 5.41) is 0. The molecular weight excluding hydrogens is 214 g/mol. The second-order valence-electron chi connectivity index (χ2n) is 6.08. The maximum atomic E-state index is 6.02. The Bertz CT molecular complexity index is 251. The minimum atomic E-state index is 0.494. The van der Waals surface area contributed by atoms with E-state index in [1.807, 2.05) is 0 Å². The minimum absolute atomic E-state index is 0.494. The first-order chi connectivity index (χ1) is 8.31. The van der Waals surface area contributed by atoms with Gasteiger partial charge in [-0.2, -0.15) is 0 Å². The summed E-state index contributed by atoms with van der Waals surface area (Å²) in [7, 11) is 0. The molecule has 3 rings (SSSR count). The molecule has 0 spiro atoms. The van der Waals surface area contributed by atoms with Crippen LogP contribution in [-0.4, -0.2) is 50.0 Å². The van der Waals surface area contributed by atoms with Gasteiger partial charge in [-0.15, -0.1) is 0 Å². The molecule has 98 valence electrons. The van der Waals surface area contributed by atoms with Crippen LogP contribution in [0.1, 0.15) is 32.6 Å². The SMILES string of the molecule is C[C@H]1C[C@@H]2CCN(CC3CCOCC3)C[C@H]2O1. The van der Waals surface area contributed by atoms with Crippen LogP contribution in [0.2, 0.25) is 0 Å². The van der Waals surface area contributed by atoms with Crippen molar-refractivity contribution < 1.29 is 9.47 Å². The van der Waals surface area contributed by atoms with Gasteiger partial charge in [0.25, 0.3) is 0 Å². The smallest absolute Gasteiger partial charge is 0.0735 e. The van der Waals surface area contributed by atoms with Crippen LogP contribution in [0.5, 0.6) is 0 Å². The Morgan fingerprint density at radius 2 is 2.00 bits per heavy atom. The molecule has 3 atom stereocenters. The molecule has 0 aromatic heterocycles. The molecule has 3 heterocycles. The highest BCUT2D eigenvalue weighted by atomic mass is 16.5. The van der Waals surface area contributed by atoms with E-state index in [0.717, 1.165) is 25.0 Å². The standard InChI is InChI=1S/C14H25NO2/c1-11-8-13-2-5-15(10-14(13)17-11)9-12-3-6-16-7-4-12/h11-14H,2-10H2,1H3/t11-,13-,14+/m0/s1. The number of rotatable bonds is 2. The number of hydrogen-bond acceptors (Lipinski definition) is 3. The van der Waals surface area contributed by atoms with Crippen LogP contribution in [0.4, 0.5) is 0 Å². The maximum Gasteiger partial charge on any atom is 0.0735 e. The van der Waals surface area contributed by atoms with Gasteiger partial charge in [0, 0.05) is 26.3 Å². The fraction of sp³-hybridized carbons (Fsp3) is 1.00. The van der Waals surface area contributed by atoms with E-state index in [2.05, 4.69) is 11.8 Å². The molecule has 3 aliphatic heterocycles. The van der Waals surface area contributed by atoms with Crippen molar-refractivity contribution in [2.45, 2.75) is 44.8 Å². The van der Waals surface area contributed by atoms with E-state index < -0.39 is 0 Å². The lowest BCUT2D eigenvalue weighted by Crippen LogP contribution is -2.44. The summed E-state index contributed by atoms with van der Waals surface area (Å²) in [4.78, 5) is 2.63. The molecule has 0 unspecified atom stereocenters. The van der Waals surface area contributed by atoms with Gasteiger partial charge in [-0.25, -0.2) is 0 Å². The summed E-state index contributed by atoms with van der Waals surface area (Å²) in [6.07, 6.45) is 6.16. The first kappa shape index (κ1) is 11.9. The summed E-state index contributed by atoms with van der Waals surface area (Å²) >= 11 is 0. The monoisotopic (exact) mass is 239 g/mol. The molecule has 0 aromatic carbocycles. The molecule has 0 aromatic rings. The van der Waals surface area contributed by atoms with Crippen LogP contribution in [0.25, 0.3) is 0 Å². The third kappa shape index (κ3) is 2.83. The molecule has 3 saturated heterocycles. The molecule has 0 bridgehead atoms. The van der Waals surface area contributed by atoms with E-state index in [4.69, 9.17) is 9.47 Å². The van der Waals surface area contributed by atoms with E-state index in [1.54, 1.807) is 0 Å². The van der Waals surface area contributed by atoms with Gasteiger partial charge in [-0.05, 0) is 51.0 Å². The number of piperidine rings is 1. The first-order valence-electron chi connectivity index (χ1n) is 7.27. The van der Waals surface area contributed by atoms with E-state index in [0.29, 0.717) is 12.2 Å². The van der Waals surface area contributed by atoms with Crippen molar-refractivity contribution in [2.75, 3.05) is 32.8 Å². The molecule has 0 amide bonds. The number of fused-ring (bicyclic) bond motifs is 1. The fourth-order valence-electron chi connectivity index (χ4n) is 3.69. The van der Waals surface area contributed by atoms with Gasteiger partial charge in [0.15, 0.2) is 0 Å². The Hall–Kier alpha value is -0.120. The van der Waals surface area contributed by atoms with Crippen LogP contribution in [0.3, 0.4) is 0 Å². The van der Waals surface area contributed by atoms with Gasteiger partial charge in [0.2, 0.25) is 0 Å². The zero-order chi connectivity index (χ0) is 11.7. The van der Waals surface area contributed by atoms with Gasteiger partial charge in [0.05, 0.1) is 12.2 Å². The average Bonchev–Trinajstić information content (AvgIpc) is 2.70. The lowest BCUT2D eigenvalue weighted by Gasteiger charge is -2.37. The number of hydrogen-bond donors (Lipinski definition) is 0. The van der Waals surface area contributed by atoms with Crippen LogP contribution in [0.15, 0.2) is 0 Å². The number of nitrogens with zero attached hydrogens (tertiary/aromatic N) is 1. The lowest BCUT2D eigenvalue weighted by atomic mass is 9.90. The molecule has 3 nitrogen and oxygen atoms in total. The van der Waals surface area contributed by atoms with Crippen LogP contribution in [-0.2, 0) is 9.47 Å². The average molecular weight is 239 g/mol. The second-order valence-corrected chi connectivity index (χ2v) is 6.08. The van der Waals surface area contributed by atoms with Crippen molar-refractivity contribution in [3.05, 3.63) is 0 Å². The Morgan fingerprint density at radius 3 is 2.82 bits per heavy atom. The molecule has 0 N–H and O–H groups in total. The van der Waals surface area contributed by atoms with Crippen molar-refractivity contribution in [3.63, 3.8) is 0 Å². The first-order valence-corrected chi connectivity index (χ1v) is 7.27. The summed E-state index contributed by atoms with van der Waals surface area (Å²) < 4.78 is 11.4. The highest BCUT2D eigenvalue weighted by Crippen LogP contribution is 2.33. The Kier molecular flexibility index (Phi) is 3.69.